The van der Waals surface area contributed by atoms with Gasteiger partial charge < -0.3 is 9.80 Å². The van der Waals surface area contributed by atoms with Crippen LogP contribution in [0.15, 0.2) is 42.5 Å². The molecule has 2 heterocycles. The summed E-state index contributed by atoms with van der Waals surface area (Å²) in [6.45, 7) is 2.74. The van der Waals surface area contributed by atoms with Gasteiger partial charge in [0.1, 0.15) is 5.82 Å². The van der Waals surface area contributed by atoms with E-state index < -0.39 is 10.7 Å². The van der Waals surface area contributed by atoms with Gasteiger partial charge in [-0.1, -0.05) is 17.7 Å². The Bertz CT molecular complexity index is 922. The molecular weight excluding hydrogens is 375 g/mol. The number of nitrogens with zero attached hydrogens (tertiary/aromatic N) is 2. The number of anilines is 1. The number of carbonyl (C=O) groups excluding carboxylic acids is 2. The molecule has 0 radical (unpaired) electrons. The van der Waals surface area contributed by atoms with Crippen molar-refractivity contribution in [2.24, 2.45) is 0 Å². The fraction of sp³-hybridized carbons (Fsp3) is 0.263. The highest BCUT2D eigenvalue weighted by Gasteiger charge is 2.59. The molecule has 1 fully saturated rings. The van der Waals surface area contributed by atoms with Crippen molar-refractivity contribution in [2.45, 2.75) is 11.8 Å². The van der Waals surface area contributed by atoms with Crippen LogP contribution in [0.5, 0.6) is 0 Å². The maximum absolute atomic E-state index is 14.0. The Morgan fingerprint density at radius 1 is 1.31 bits per heavy atom. The molecule has 134 valence electrons. The summed E-state index contributed by atoms with van der Waals surface area (Å²) in [6, 6.07) is 11.0. The van der Waals surface area contributed by atoms with Crippen molar-refractivity contribution < 1.29 is 14.0 Å². The molecule has 0 aromatic heterocycles. The van der Waals surface area contributed by atoms with Crippen LogP contribution in [0, 0.1) is 5.82 Å². The molecule has 2 amide bonds. The van der Waals surface area contributed by atoms with Gasteiger partial charge in [0.15, 0.2) is 4.87 Å². The van der Waals surface area contributed by atoms with Gasteiger partial charge in [0.2, 0.25) is 0 Å². The predicted octanol–water partition coefficient (Wildman–Crippen LogP) is 3.89. The number of rotatable bonds is 2. The lowest BCUT2D eigenvalue weighted by atomic mass is 10.0. The van der Waals surface area contributed by atoms with Crippen molar-refractivity contribution in [1.29, 1.82) is 0 Å². The van der Waals surface area contributed by atoms with E-state index in [4.69, 9.17) is 11.6 Å². The van der Waals surface area contributed by atoms with Crippen LogP contribution in [0.2, 0.25) is 5.02 Å². The summed E-state index contributed by atoms with van der Waals surface area (Å²) < 4.78 is 14.0. The molecule has 2 aromatic carbocycles. The minimum atomic E-state index is -1.22. The summed E-state index contributed by atoms with van der Waals surface area (Å²) in [5, 5.41) is 0.455. The number of amides is 2. The van der Waals surface area contributed by atoms with Crippen LogP contribution in [0.3, 0.4) is 0 Å². The average molecular weight is 391 g/mol. The number of likely N-dealkylation sites (N-methyl/N-ethyl adjacent to an activating group) is 1. The van der Waals surface area contributed by atoms with E-state index in [2.05, 4.69) is 0 Å². The van der Waals surface area contributed by atoms with Crippen LogP contribution in [-0.4, -0.2) is 35.6 Å². The van der Waals surface area contributed by atoms with E-state index in [0.29, 0.717) is 40.7 Å². The normalized spacial score (nSPS) is 21.6. The first-order chi connectivity index (χ1) is 12.5. The molecule has 4 rings (SSSR count). The first-order valence-corrected chi connectivity index (χ1v) is 9.69. The van der Waals surface area contributed by atoms with Crippen molar-refractivity contribution in [2.75, 3.05) is 23.7 Å². The molecule has 0 N–H and O–H groups in total. The zero-order valence-electron chi connectivity index (χ0n) is 14.0. The number of thioether (sulfide) groups is 1. The molecule has 1 atom stereocenters. The monoisotopic (exact) mass is 390 g/mol. The smallest absolute Gasteiger partial charge is 0.268 e. The van der Waals surface area contributed by atoms with E-state index in [1.54, 1.807) is 40.1 Å². The van der Waals surface area contributed by atoms with Crippen molar-refractivity contribution in [3.05, 3.63) is 64.4 Å². The fourth-order valence-electron chi connectivity index (χ4n) is 3.68. The van der Waals surface area contributed by atoms with Gasteiger partial charge in [-0.15, -0.1) is 11.8 Å². The van der Waals surface area contributed by atoms with E-state index in [0.717, 1.165) is 0 Å². The standard InChI is InChI=1S/C19H16ClFN2O2S/c1-2-22-16-7-6-14(21)11-15(16)19(18(22)25)23(8-9-26-19)17(24)12-4-3-5-13(20)10-12/h3-7,10-11H,2,8-9H2,1H3. The maximum atomic E-state index is 14.0. The molecule has 2 aliphatic rings. The largest absolute Gasteiger partial charge is 0.311 e. The van der Waals surface area contributed by atoms with Crippen LogP contribution in [-0.2, 0) is 9.67 Å². The average Bonchev–Trinajstić information content (AvgIpc) is 3.17. The quantitative estimate of drug-likeness (QED) is 0.781. The van der Waals surface area contributed by atoms with Gasteiger partial charge in [-0.25, -0.2) is 4.39 Å². The van der Waals surface area contributed by atoms with Crippen molar-refractivity contribution in [3.8, 4) is 0 Å². The second-order valence-electron chi connectivity index (χ2n) is 6.17. The number of fused-ring (bicyclic) bond motifs is 2. The predicted molar refractivity (Wildman–Crippen MR) is 101 cm³/mol. The molecule has 1 saturated heterocycles. The number of hydrogen-bond donors (Lipinski definition) is 0. The van der Waals surface area contributed by atoms with E-state index in [1.807, 2.05) is 6.92 Å². The van der Waals surface area contributed by atoms with Gasteiger partial charge in [-0.05, 0) is 43.3 Å². The van der Waals surface area contributed by atoms with Gasteiger partial charge >= 0.3 is 0 Å². The summed E-state index contributed by atoms with van der Waals surface area (Å²) in [5.74, 6) is -0.292. The van der Waals surface area contributed by atoms with Gasteiger partial charge in [0.25, 0.3) is 11.8 Å². The maximum Gasteiger partial charge on any atom is 0.268 e. The highest BCUT2D eigenvalue weighted by atomic mass is 35.5. The topological polar surface area (TPSA) is 40.6 Å². The molecular formula is C19H16ClFN2O2S. The van der Waals surface area contributed by atoms with Crippen LogP contribution >= 0.6 is 23.4 Å². The van der Waals surface area contributed by atoms with Gasteiger partial charge in [-0.2, -0.15) is 0 Å². The third-order valence-electron chi connectivity index (χ3n) is 4.79. The van der Waals surface area contributed by atoms with Gasteiger partial charge in [0, 0.05) is 35.0 Å². The number of benzene rings is 2. The van der Waals surface area contributed by atoms with Gasteiger partial charge in [-0.3, -0.25) is 9.59 Å². The highest BCUT2D eigenvalue weighted by Crippen LogP contribution is 2.54. The second-order valence-corrected chi connectivity index (χ2v) is 7.89. The number of halogens is 2. The molecule has 2 aliphatic heterocycles. The van der Waals surface area contributed by atoms with Crippen molar-refractivity contribution >= 4 is 40.9 Å². The molecule has 0 bridgehead atoms. The first-order valence-electron chi connectivity index (χ1n) is 8.32. The van der Waals surface area contributed by atoms with E-state index in [1.165, 1.54) is 23.9 Å². The lowest BCUT2D eigenvalue weighted by Gasteiger charge is -2.33. The lowest BCUT2D eigenvalue weighted by Crippen LogP contribution is -2.50. The third-order valence-corrected chi connectivity index (χ3v) is 6.44. The molecule has 26 heavy (non-hydrogen) atoms. The van der Waals surface area contributed by atoms with Crippen LogP contribution in [0.4, 0.5) is 10.1 Å². The molecule has 1 spiro atoms. The SMILES string of the molecule is CCN1C(=O)C2(SCCN2C(=O)c2cccc(Cl)c2)c2cc(F)ccc21. The summed E-state index contributed by atoms with van der Waals surface area (Å²) in [4.78, 5) is 28.4. The third kappa shape index (κ3) is 2.36. The first kappa shape index (κ1) is 17.4. The van der Waals surface area contributed by atoms with Crippen LogP contribution < -0.4 is 4.90 Å². The summed E-state index contributed by atoms with van der Waals surface area (Å²) in [7, 11) is 0. The Morgan fingerprint density at radius 2 is 2.12 bits per heavy atom. The van der Waals surface area contributed by atoms with Crippen molar-refractivity contribution in [1.82, 2.24) is 4.90 Å². The Balaban J connectivity index is 1.86. The Morgan fingerprint density at radius 3 is 2.85 bits per heavy atom. The van der Waals surface area contributed by atoms with Crippen molar-refractivity contribution in [3.63, 3.8) is 0 Å². The minimum Gasteiger partial charge on any atom is -0.311 e. The molecule has 1 unspecified atom stereocenters. The zero-order chi connectivity index (χ0) is 18.5. The Labute approximate surface area is 159 Å². The lowest BCUT2D eigenvalue weighted by molar-refractivity contribution is -0.123. The molecule has 2 aromatic rings. The molecule has 4 nitrogen and oxygen atoms in total. The Kier molecular flexibility index (Phi) is 4.20. The fourth-order valence-corrected chi connectivity index (χ4v) is 5.32. The van der Waals surface area contributed by atoms with Crippen LogP contribution in [0.1, 0.15) is 22.8 Å². The summed E-state index contributed by atoms with van der Waals surface area (Å²) >= 11 is 7.40. The summed E-state index contributed by atoms with van der Waals surface area (Å²) in [5.41, 5.74) is 1.62. The molecule has 7 heteroatoms. The van der Waals surface area contributed by atoms with E-state index in [9.17, 15) is 14.0 Å². The number of carbonyl (C=O) groups is 2. The highest BCUT2D eigenvalue weighted by molar-refractivity contribution is 8.01. The van der Waals surface area contributed by atoms with Gasteiger partial charge in [0.05, 0.1) is 5.69 Å². The zero-order valence-corrected chi connectivity index (χ0v) is 15.6. The van der Waals surface area contributed by atoms with Crippen LogP contribution in [0.25, 0.3) is 0 Å². The second kappa shape index (κ2) is 6.28. The number of hydrogen-bond acceptors (Lipinski definition) is 3. The molecule has 0 aliphatic carbocycles. The van der Waals surface area contributed by atoms with E-state index >= 15 is 0 Å². The van der Waals surface area contributed by atoms with E-state index in [-0.39, 0.29) is 11.8 Å². The summed E-state index contributed by atoms with van der Waals surface area (Å²) in [6.07, 6.45) is 0. The molecule has 0 saturated carbocycles. The Hall–Kier alpha value is -2.05. The minimum absolute atomic E-state index is 0.196.